The summed E-state index contributed by atoms with van der Waals surface area (Å²) in [5.41, 5.74) is 25.2. The van der Waals surface area contributed by atoms with Crippen molar-refractivity contribution in [2.45, 2.75) is 351 Å². The molecule has 0 saturated carbocycles. The smallest absolute Gasteiger partial charge is 0.222 e. The van der Waals surface area contributed by atoms with Crippen molar-refractivity contribution in [3.63, 3.8) is 0 Å². The Hall–Kier alpha value is -9.87. The van der Waals surface area contributed by atoms with Crippen LogP contribution in [0.5, 0.6) is 0 Å². The second kappa shape index (κ2) is 77.2. The number of hydrogen-bond donors (Lipinski definition) is 12. The van der Waals surface area contributed by atoms with E-state index in [1.807, 2.05) is 192 Å². The molecule has 0 aliphatic carbocycles. The maximum Gasteiger partial charge on any atom is 0.222 e. The summed E-state index contributed by atoms with van der Waals surface area (Å²) in [6.07, 6.45) is 7.95. The molecule has 7 rings (SSSR count). The number of carbonyl (C=O) groups is 5. The number of nitrogens with zero attached hydrogens (tertiary/aromatic N) is 20. The number of azo groups is 1. The molecule has 16 N–H and O–H groups in total. The molecule has 2 aliphatic rings. The van der Waals surface area contributed by atoms with E-state index in [9.17, 15) is 24.0 Å². The van der Waals surface area contributed by atoms with E-state index in [1.54, 1.807) is 40.1 Å². The number of carbonyl (C=O) groups excluding carboxylic acids is 5. The number of aliphatic hydroxyl groups excluding tert-OH is 1. The maximum atomic E-state index is 11.0. The third-order valence-corrected chi connectivity index (χ3v) is 14.5. The quantitative estimate of drug-likeness (QED) is 0.0174. The molecule has 37 nitrogen and oxygen atoms in total. The number of tetrazole rings is 3. The molecule has 0 saturated heterocycles. The van der Waals surface area contributed by atoms with Gasteiger partial charge in [-0.2, -0.15) is 61.8 Å². The minimum atomic E-state index is -0.241. The minimum Gasteiger partial charge on any atom is -0.512 e. The van der Waals surface area contributed by atoms with Gasteiger partial charge in [-0.05, 0) is 108 Å². The summed E-state index contributed by atoms with van der Waals surface area (Å²) in [6.45, 7) is 85.3. The van der Waals surface area contributed by atoms with Gasteiger partial charge < -0.3 is 38.7 Å². The Kier molecular flexibility index (Phi) is 80.8. The van der Waals surface area contributed by atoms with Crippen LogP contribution in [-0.2, 0) is 24.0 Å². The number of aliphatic hydroxyl groups is 1. The van der Waals surface area contributed by atoms with E-state index in [0.717, 1.165) is 59.2 Å². The number of amides is 4. The van der Waals surface area contributed by atoms with Crippen molar-refractivity contribution < 1.29 is 29.1 Å². The van der Waals surface area contributed by atoms with Gasteiger partial charge in [0, 0.05) is 95.7 Å². The van der Waals surface area contributed by atoms with Gasteiger partial charge in [0.05, 0.1) is 59.7 Å². The fraction of sp³-hybridized carbons (Fsp3) is 0.776. The van der Waals surface area contributed by atoms with Gasteiger partial charge >= 0.3 is 0 Å². The lowest BCUT2D eigenvalue weighted by Gasteiger charge is -2.09. The molecule has 0 atom stereocenters. The van der Waals surface area contributed by atoms with Crippen LogP contribution in [0, 0.1) is 71.0 Å². The zero-order valence-corrected chi connectivity index (χ0v) is 83.3. The highest BCUT2D eigenvalue weighted by molar-refractivity contribution is 5.88. The normalized spacial score (nSPS) is 11.9. The van der Waals surface area contributed by atoms with Gasteiger partial charge in [0.1, 0.15) is 12.3 Å². The summed E-state index contributed by atoms with van der Waals surface area (Å²) in [7, 11) is 0. The molecular formula is C85H173N31O6. The molecule has 0 radical (unpaired) electrons. The highest BCUT2D eigenvalue weighted by atomic mass is 16.3. The fourth-order valence-corrected chi connectivity index (χ4v) is 6.32. The largest absolute Gasteiger partial charge is 0.512 e. The Morgan fingerprint density at radius 3 is 0.844 bits per heavy atom. The molecule has 37 heteroatoms. The summed E-state index contributed by atoms with van der Waals surface area (Å²) in [6, 6.07) is 1.18. The molecule has 0 bridgehead atoms. The third kappa shape index (κ3) is 86.5. The number of aromatic amines is 5. The van der Waals surface area contributed by atoms with Gasteiger partial charge in [-0.1, -0.05) is 251 Å². The van der Waals surface area contributed by atoms with Gasteiger partial charge in [0.25, 0.3) is 0 Å². The van der Waals surface area contributed by atoms with E-state index < -0.39 is 0 Å². The van der Waals surface area contributed by atoms with Crippen LogP contribution in [0.15, 0.2) is 71.7 Å². The lowest BCUT2D eigenvalue weighted by atomic mass is 9.99. The van der Waals surface area contributed by atoms with Crippen molar-refractivity contribution in [3.8, 4) is 0 Å². The van der Waals surface area contributed by atoms with Crippen molar-refractivity contribution in [1.82, 2.24) is 103 Å². The molecule has 7 heterocycles. The minimum absolute atomic E-state index is 0.00926. The number of ketones is 1. The van der Waals surface area contributed by atoms with Gasteiger partial charge in [-0.15, -0.1) is 35.7 Å². The maximum absolute atomic E-state index is 11.0. The SMILES string of the molecule is CC(C)/C=C(\O)C(C)C.CC(C)C(N)=O.CC(C)C(N)=O.CC(C)C1=CN=NC1.CC(C)C1=NN=NC1.CC(C)CC(=O)C(C)C.CC(C)N=C(N)C(C)C.CC(C)N=C(N)C(C)C.CC(C)NC(=O)C(C)C.CC(C)NC(=O)C(C)C.CC(C)c1cn[nH]n1.CC(C)c1cn[nH]n1.CC(C)c1nn[nH]n1.CC(C)c1nn[nH]n1.CC(C)c1nn[nH]n1. The molecule has 0 unspecified atom stereocenters. The lowest BCUT2D eigenvalue weighted by Crippen LogP contribution is -2.33. The van der Waals surface area contributed by atoms with E-state index in [4.69, 9.17) is 28.0 Å². The number of allylic oxidation sites excluding steroid dienone is 2. The summed E-state index contributed by atoms with van der Waals surface area (Å²) in [5.74, 6) is 10.1. The number of Topliss-reactive ketones (excluding diaryl/α,β-unsaturated/α-hetero) is 1. The predicted octanol–water partition coefficient (Wildman–Crippen LogP) is 16.7. The highest BCUT2D eigenvalue weighted by Gasteiger charge is 2.12. The molecule has 4 amide bonds. The molecule has 122 heavy (non-hydrogen) atoms. The van der Waals surface area contributed by atoms with Crippen molar-refractivity contribution >= 4 is 46.8 Å². The van der Waals surface area contributed by atoms with Crippen LogP contribution >= 0.6 is 0 Å². The van der Waals surface area contributed by atoms with Crippen LogP contribution in [-0.4, -0.2) is 182 Å². The number of aliphatic imine (C=N–C) groups is 2. The molecule has 0 fully saturated rings. The molecule has 0 spiro atoms. The van der Waals surface area contributed by atoms with Crippen LogP contribution in [0.4, 0.5) is 0 Å². The Morgan fingerprint density at radius 2 is 0.746 bits per heavy atom. The van der Waals surface area contributed by atoms with Crippen LogP contribution in [0.25, 0.3) is 0 Å². The standard InChI is InChI=1S/2C8H16O.2C7H16N2.2C7H15NO.C6H10N2.3C5H9N3.3C4H8N4.2C4H9NO/c2*1-6(2)5-8(9)7(3)4;2*1-5(2)7(8)9-6(3)4;2*1-5(2)7(9)8-6(3)4;1-5(2)6-3-7-8-4-6;3*1-4(2)5-3-6-8-7-5;3*1-3(2)4-5-7-8-6-4;2*1-3(2)4(5)6/h6-7H,5H2,1-4H3;5-7,9H,1-4H3;2*5-6H,1-4H3,(H2,8,9);2*5-6H,1-4H3,(H,8,9);3,5H,4H2,1-2H3;4H,3H2,1-2H3;2*3-4H,1-2H3,(H,6,7,8);3*3H,1-2H3,(H,5,6,7,8);2*3H,1-2H3,(H2,5,6)/b;8-5-;;;;;;;;;;;;;. The van der Waals surface area contributed by atoms with E-state index in [-0.39, 0.29) is 71.2 Å². The average Bonchev–Trinajstić information content (AvgIpc) is 1.86. The predicted molar refractivity (Wildman–Crippen MR) is 498 cm³/mol. The van der Waals surface area contributed by atoms with Crippen LogP contribution in [0.3, 0.4) is 0 Å². The van der Waals surface area contributed by atoms with Crippen LogP contribution < -0.4 is 33.6 Å². The first-order valence-electron chi connectivity index (χ1n) is 42.8. The summed E-state index contributed by atoms with van der Waals surface area (Å²) in [5, 5.41) is 93.5. The first kappa shape index (κ1) is 128. The molecular weight excluding hydrogens is 1550 g/mol. The van der Waals surface area contributed by atoms with E-state index >= 15 is 0 Å². The van der Waals surface area contributed by atoms with E-state index in [2.05, 4.69) is 222 Å². The number of aromatic nitrogens is 18. The summed E-state index contributed by atoms with van der Waals surface area (Å²) < 4.78 is 0. The molecule has 704 valence electrons. The number of amidine groups is 2. The van der Waals surface area contributed by atoms with Gasteiger partial charge in [0.15, 0.2) is 17.5 Å². The Morgan fingerprint density at radius 1 is 0.410 bits per heavy atom. The van der Waals surface area contributed by atoms with Crippen molar-refractivity contribution in [2.75, 3.05) is 13.1 Å². The summed E-state index contributed by atoms with van der Waals surface area (Å²) >= 11 is 0. The van der Waals surface area contributed by atoms with Crippen molar-refractivity contribution in [2.24, 2.45) is 130 Å². The molecule has 5 aromatic heterocycles. The second-order valence-corrected chi connectivity index (χ2v) is 34.8. The van der Waals surface area contributed by atoms with E-state index in [0.29, 0.717) is 95.3 Å². The number of nitrogens with one attached hydrogen (secondary N) is 7. The number of nitrogens with two attached hydrogens (primary N) is 4. The van der Waals surface area contributed by atoms with E-state index in [1.165, 1.54) is 5.57 Å². The molecule has 0 aromatic carbocycles. The molecule has 5 aromatic rings. The first-order chi connectivity index (χ1) is 56.1. The average molecular weight is 1730 g/mol. The number of primary amides is 2. The number of rotatable bonds is 22. The lowest BCUT2D eigenvalue weighted by molar-refractivity contribution is -0.125. The Labute approximate surface area is 734 Å². The summed E-state index contributed by atoms with van der Waals surface area (Å²) in [4.78, 5) is 60.8. The van der Waals surface area contributed by atoms with Crippen LogP contribution in [0.2, 0.25) is 0 Å². The second-order valence-electron chi connectivity index (χ2n) is 34.8. The number of H-pyrrole nitrogens is 5. The highest BCUT2D eigenvalue weighted by Crippen LogP contribution is 2.15. The third-order valence-electron chi connectivity index (χ3n) is 14.5. The Balaban J connectivity index is -0.000000190. The molecule has 2 aliphatic heterocycles. The number of hydrogen-bond acceptors (Lipinski definition) is 26. The first-order valence-corrected chi connectivity index (χ1v) is 42.8. The van der Waals surface area contributed by atoms with Crippen molar-refractivity contribution in [1.29, 1.82) is 0 Å². The topological polar surface area (TPSA) is 567 Å². The zero-order chi connectivity index (χ0) is 96.8. The monoisotopic (exact) mass is 1720 g/mol. The van der Waals surface area contributed by atoms with Crippen LogP contribution in [0.1, 0.15) is 356 Å². The zero-order valence-electron chi connectivity index (χ0n) is 83.3. The van der Waals surface area contributed by atoms with Gasteiger partial charge in [-0.3, -0.25) is 34.0 Å². The Bertz CT molecular complexity index is 3080. The van der Waals surface area contributed by atoms with Crippen molar-refractivity contribution in [3.05, 3.63) is 64.9 Å². The van der Waals surface area contributed by atoms with Gasteiger partial charge in [0.2, 0.25) is 23.6 Å². The van der Waals surface area contributed by atoms with Gasteiger partial charge in [-0.25, -0.2) is 0 Å². The fourth-order valence-electron chi connectivity index (χ4n) is 6.32.